The van der Waals surface area contributed by atoms with Gasteiger partial charge in [0.05, 0.1) is 11.6 Å². The molecule has 0 heterocycles. The van der Waals surface area contributed by atoms with Gasteiger partial charge in [0, 0.05) is 0 Å². The average Bonchev–Trinajstić information content (AvgIpc) is 2.00. The van der Waals surface area contributed by atoms with Gasteiger partial charge < -0.3 is 25.2 Å². The third-order valence-corrected chi connectivity index (χ3v) is 0.888. The Morgan fingerprint density at radius 2 is 1.82 bits per heavy atom. The van der Waals surface area contributed by atoms with Gasteiger partial charge in [0.15, 0.2) is 6.26 Å². The SMILES string of the molecule is [2H]C(=O)C([2H])(O)C([2H])(O)C([2H])(O)C([2H])(C)O. The fourth-order valence-electron chi connectivity index (χ4n) is 0.332. The van der Waals surface area contributed by atoms with Crippen molar-refractivity contribution in [2.45, 2.75) is 31.2 Å². The molecule has 5 nitrogen and oxygen atoms in total. The maximum Gasteiger partial charge on any atom is 0.151 e. The lowest BCUT2D eigenvalue weighted by Crippen LogP contribution is -2.43. The molecule has 4 unspecified atom stereocenters. The monoisotopic (exact) mass is 169 g/mol. The first-order chi connectivity index (χ1) is 6.69. The first-order valence-electron chi connectivity index (χ1n) is 5.10. The number of aldehydes is 1. The summed E-state index contributed by atoms with van der Waals surface area (Å²) in [6, 6.07) is 0. The van der Waals surface area contributed by atoms with Crippen molar-refractivity contribution in [1.29, 1.82) is 0 Å². The molecule has 0 amide bonds. The standard InChI is InChI=1S/C6H12O5/c1-3(8)5(10)6(11)4(9)2-7/h2-6,8-11H,1H3/i2D,3D,4D,5D,6D. The molecule has 4 N–H and O–H groups in total. The second-order valence-corrected chi connectivity index (χ2v) is 1.73. The van der Waals surface area contributed by atoms with Crippen molar-refractivity contribution in [1.82, 2.24) is 0 Å². The number of rotatable bonds is 4. The maximum absolute atomic E-state index is 10.5. The zero-order valence-corrected chi connectivity index (χ0v) is 5.70. The first-order valence-corrected chi connectivity index (χ1v) is 2.60. The molecule has 0 aromatic carbocycles. The minimum absolute atomic E-state index is 0.504. The summed E-state index contributed by atoms with van der Waals surface area (Å²) in [5.74, 6) is 0. The minimum atomic E-state index is -3.98. The maximum atomic E-state index is 10.5. The van der Waals surface area contributed by atoms with Crippen LogP contribution in [0.3, 0.4) is 0 Å². The molecule has 0 saturated carbocycles. The molecule has 0 aromatic heterocycles. The Balaban J connectivity index is 5.62. The Bertz CT molecular complexity index is 294. The second kappa shape index (κ2) is 4.40. The van der Waals surface area contributed by atoms with Crippen molar-refractivity contribution < 1.29 is 32.1 Å². The Morgan fingerprint density at radius 3 is 2.09 bits per heavy atom. The van der Waals surface area contributed by atoms with Gasteiger partial charge in [0.1, 0.15) is 19.6 Å². The molecule has 0 radical (unpaired) electrons. The molecule has 5 heteroatoms. The summed E-state index contributed by atoms with van der Waals surface area (Å²) < 4.78 is 34.1. The zero-order valence-electron chi connectivity index (χ0n) is 10.7. The van der Waals surface area contributed by atoms with Gasteiger partial charge in [-0.3, -0.25) is 0 Å². The van der Waals surface area contributed by atoms with E-state index in [1.54, 1.807) is 0 Å². The second-order valence-electron chi connectivity index (χ2n) is 1.73. The van der Waals surface area contributed by atoms with Gasteiger partial charge in [0.2, 0.25) is 0 Å². The van der Waals surface area contributed by atoms with Crippen molar-refractivity contribution in [3.05, 3.63) is 0 Å². The van der Waals surface area contributed by atoms with Crippen molar-refractivity contribution in [2.75, 3.05) is 0 Å². The van der Waals surface area contributed by atoms with Gasteiger partial charge in [-0.1, -0.05) is 0 Å². The van der Waals surface area contributed by atoms with Gasteiger partial charge in [-0.2, -0.15) is 0 Å². The molecule has 0 aromatic rings. The lowest BCUT2D eigenvalue weighted by atomic mass is 10.1. The molecular formula is C6H12O5. The number of hydrogen-bond donors (Lipinski definition) is 4. The molecule has 0 saturated heterocycles. The molecule has 0 aliphatic heterocycles. The van der Waals surface area contributed by atoms with Crippen LogP contribution in [0.2, 0.25) is 0 Å². The van der Waals surface area contributed by atoms with Gasteiger partial charge >= 0.3 is 0 Å². The minimum Gasteiger partial charge on any atom is -0.391 e. The van der Waals surface area contributed by atoms with E-state index in [9.17, 15) is 15.0 Å². The van der Waals surface area contributed by atoms with Crippen molar-refractivity contribution in [3.63, 3.8) is 0 Å². The van der Waals surface area contributed by atoms with E-state index in [1.165, 1.54) is 0 Å². The van der Waals surface area contributed by atoms with Crippen LogP contribution in [0, 0.1) is 0 Å². The molecule has 66 valence electrons. The Labute approximate surface area is 70.9 Å². The summed E-state index contributed by atoms with van der Waals surface area (Å²) >= 11 is 0. The molecule has 4 atom stereocenters. The highest BCUT2D eigenvalue weighted by atomic mass is 16.4. The van der Waals surface area contributed by atoms with Crippen LogP contribution in [0.15, 0.2) is 0 Å². The Kier molecular flexibility index (Phi) is 1.81. The highest BCUT2D eigenvalue weighted by Gasteiger charge is 2.27. The van der Waals surface area contributed by atoms with E-state index in [4.69, 9.17) is 17.1 Å². The fourth-order valence-corrected chi connectivity index (χ4v) is 0.332. The molecule has 11 heavy (non-hydrogen) atoms. The van der Waals surface area contributed by atoms with E-state index in [1.807, 2.05) is 0 Å². The molecule has 0 aliphatic carbocycles. The van der Waals surface area contributed by atoms with E-state index < -0.39 is 30.6 Å². The van der Waals surface area contributed by atoms with Crippen LogP contribution in [0.4, 0.5) is 0 Å². The van der Waals surface area contributed by atoms with Gasteiger partial charge in [-0.05, 0) is 6.92 Å². The fraction of sp³-hybridized carbons (Fsp3) is 0.833. The van der Waals surface area contributed by atoms with Crippen LogP contribution < -0.4 is 0 Å². The van der Waals surface area contributed by atoms with E-state index in [-0.39, 0.29) is 0 Å². The normalized spacial score (nSPS) is 39.9. The number of hydrogen-bond acceptors (Lipinski definition) is 5. The average molecular weight is 169 g/mol. The van der Waals surface area contributed by atoms with Crippen LogP contribution in [-0.2, 0) is 4.79 Å². The van der Waals surface area contributed by atoms with E-state index in [0.717, 1.165) is 0 Å². The molecule has 0 fully saturated rings. The van der Waals surface area contributed by atoms with Gasteiger partial charge in [-0.25, -0.2) is 0 Å². The molecule has 0 aliphatic rings. The van der Waals surface area contributed by atoms with Crippen LogP contribution in [-0.4, -0.2) is 51.0 Å². The van der Waals surface area contributed by atoms with Gasteiger partial charge in [0.25, 0.3) is 0 Å². The van der Waals surface area contributed by atoms with Crippen molar-refractivity contribution in [3.8, 4) is 0 Å². The van der Waals surface area contributed by atoms with Crippen LogP contribution in [0.1, 0.15) is 13.8 Å². The highest BCUT2D eigenvalue weighted by molar-refractivity contribution is 5.56. The molecule has 0 bridgehead atoms. The summed E-state index contributed by atoms with van der Waals surface area (Å²) in [5.41, 5.74) is 0. The number of aliphatic hydroxyl groups is 4. The third kappa shape index (κ3) is 2.94. The lowest BCUT2D eigenvalue weighted by molar-refractivity contribution is -0.132. The summed E-state index contributed by atoms with van der Waals surface area (Å²) in [4.78, 5) is 10.5. The van der Waals surface area contributed by atoms with E-state index >= 15 is 0 Å². The molecule has 0 rings (SSSR count). The summed E-state index contributed by atoms with van der Waals surface area (Å²) in [6.07, 6.45) is -17.0. The van der Waals surface area contributed by atoms with Gasteiger partial charge in [-0.15, -0.1) is 0 Å². The van der Waals surface area contributed by atoms with E-state index in [2.05, 4.69) is 0 Å². The summed E-state index contributed by atoms with van der Waals surface area (Å²) in [7, 11) is 0. The predicted molar refractivity (Wildman–Crippen MR) is 35.8 cm³/mol. The largest absolute Gasteiger partial charge is 0.391 e. The summed E-state index contributed by atoms with van der Waals surface area (Å²) in [5, 5.41) is 36.5. The highest BCUT2D eigenvalue weighted by Crippen LogP contribution is 2.02. The predicted octanol–water partition coefficient (Wildman–Crippen LogP) is -2.35. The number of carbonyl (C=O) groups excluding carboxylic acids is 1. The molecule has 0 spiro atoms. The first kappa shape index (κ1) is 4.51. The van der Waals surface area contributed by atoms with Crippen LogP contribution in [0.5, 0.6) is 0 Å². The lowest BCUT2D eigenvalue weighted by Gasteiger charge is -2.21. The van der Waals surface area contributed by atoms with Crippen molar-refractivity contribution >= 4 is 6.26 Å². The topological polar surface area (TPSA) is 98.0 Å². The number of carbonyl (C=O) groups is 1. The molecular weight excluding hydrogens is 152 g/mol. The quantitative estimate of drug-likeness (QED) is 0.353. The van der Waals surface area contributed by atoms with Crippen molar-refractivity contribution in [2.24, 2.45) is 0 Å². The Morgan fingerprint density at radius 1 is 1.36 bits per heavy atom. The Hall–Kier alpha value is -0.490. The third-order valence-electron chi connectivity index (χ3n) is 0.888. The smallest absolute Gasteiger partial charge is 0.151 e. The van der Waals surface area contributed by atoms with Crippen LogP contribution in [0.25, 0.3) is 0 Å². The summed E-state index contributed by atoms with van der Waals surface area (Å²) in [6.45, 7) is 0.504. The van der Waals surface area contributed by atoms with E-state index in [0.29, 0.717) is 6.92 Å². The van der Waals surface area contributed by atoms with Crippen LogP contribution >= 0.6 is 0 Å². The zero-order chi connectivity index (χ0) is 13.6.